The molecule has 0 aliphatic rings. The molecular formula is C16H20N2O2S. The first-order valence-corrected chi connectivity index (χ1v) is 7.64. The van der Waals surface area contributed by atoms with E-state index in [-0.39, 0.29) is 6.54 Å². The van der Waals surface area contributed by atoms with Crippen LogP contribution in [-0.4, -0.2) is 22.6 Å². The topological polar surface area (TPSA) is 76.2 Å². The van der Waals surface area contributed by atoms with Gasteiger partial charge in [-0.2, -0.15) is 0 Å². The number of carboxylic acid groups (broad SMARTS) is 1. The molecule has 4 nitrogen and oxygen atoms in total. The lowest BCUT2D eigenvalue weighted by molar-refractivity contribution is -0.143. The second-order valence-electron chi connectivity index (χ2n) is 5.39. The first kappa shape index (κ1) is 15.7. The molecule has 1 aromatic heterocycles. The molecule has 0 amide bonds. The van der Waals surface area contributed by atoms with E-state index in [0.29, 0.717) is 6.42 Å². The second-order valence-corrected chi connectivity index (χ2v) is 6.67. The van der Waals surface area contributed by atoms with Crippen LogP contribution >= 0.6 is 11.3 Å². The van der Waals surface area contributed by atoms with Crippen LogP contribution < -0.4 is 5.73 Å². The minimum absolute atomic E-state index is 0.0451. The third-order valence-electron chi connectivity index (χ3n) is 3.85. The van der Waals surface area contributed by atoms with E-state index in [0.717, 1.165) is 26.7 Å². The van der Waals surface area contributed by atoms with Crippen LogP contribution in [0.4, 0.5) is 0 Å². The normalized spacial score (nSPS) is 13.9. The maximum Gasteiger partial charge on any atom is 0.315 e. The predicted molar refractivity (Wildman–Crippen MR) is 84.8 cm³/mol. The van der Waals surface area contributed by atoms with E-state index in [2.05, 4.69) is 4.98 Å². The molecule has 1 unspecified atom stereocenters. The number of rotatable bonds is 5. The van der Waals surface area contributed by atoms with Gasteiger partial charge >= 0.3 is 5.97 Å². The lowest BCUT2D eigenvalue weighted by atomic mass is 9.77. The van der Waals surface area contributed by atoms with Gasteiger partial charge in [0.2, 0.25) is 0 Å². The van der Waals surface area contributed by atoms with Gasteiger partial charge in [-0.15, -0.1) is 11.3 Å². The van der Waals surface area contributed by atoms with Crippen LogP contribution in [0.5, 0.6) is 0 Å². The number of thiazole rings is 1. The maximum absolute atomic E-state index is 12.0. The van der Waals surface area contributed by atoms with Crippen molar-refractivity contribution in [2.75, 3.05) is 6.54 Å². The number of carbonyl (C=O) groups is 1. The van der Waals surface area contributed by atoms with Gasteiger partial charge in [0, 0.05) is 17.8 Å². The Hall–Kier alpha value is -1.72. The molecule has 1 aromatic carbocycles. The van der Waals surface area contributed by atoms with Gasteiger partial charge in [-0.25, -0.2) is 4.98 Å². The highest BCUT2D eigenvalue weighted by Crippen LogP contribution is 2.31. The highest BCUT2D eigenvalue weighted by atomic mass is 32.1. The van der Waals surface area contributed by atoms with Crippen molar-refractivity contribution in [1.82, 2.24) is 4.98 Å². The minimum Gasteiger partial charge on any atom is -0.481 e. The first-order chi connectivity index (χ1) is 9.89. The molecule has 1 heterocycles. The summed E-state index contributed by atoms with van der Waals surface area (Å²) >= 11 is 1.54. The Labute approximate surface area is 128 Å². The summed E-state index contributed by atoms with van der Waals surface area (Å²) in [6.45, 7) is 5.93. The van der Waals surface area contributed by atoms with Gasteiger partial charge in [0.1, 0.15) is 5.41 Å². The number of nitrogens with zero attached hydrogens (tertiary/aromatic N) is 1. The van der Waals surface area contributed by atoms with Gasteiger partial charge in [0.05, 0.1) is 10.7 Å². The highest BCUT2D eigenvalue weighted by Gasteiger charge is 2.40. The molecule has 1 atom stereocenters. The molecule has 0 aliphatic heterocycles. The summed E-state index contributed by atoms with van der Waals surface area (Å²) in [5.41, 5.74) is 7.48. The standard InChI is InChI=1S/C16H20N2O2S/c1-10-5-4-6-13(7-10)16(9-17,15(19)20)8-14-18-11(2)12(3)21-14/h4-7H,8-9,17H2,1-3H3,(H,19,20). The van der Waals surface area contributed by atoms with E-state index in [1.54, 1.807) is 11.3 Å². The molecule has 5 heteroatoms. The van der Waals surface area contributed by atoms with Crippen LogP contribution in [0.15, 0.2) is 24.3 Å². The van der Waals surface area contributed by atoms with Crippen LogP contribution in [0.1, 0.15) is 26.7 Å². The average Bonchev–Trinajstić information content (AvgIpc) is 2.74. The molecule has 112 valence electrons. The van der Waals surface area contributed by atoms with Crippen molar-refractivity contribution in [2.24, 2.45) is 5.73 Å². The lowest BCUT2D eigenvalue weighted by Crippen LogP contribution is -2.45. The fourth-order valence-electron chi connectivity index (χ4n) is 2.39. The summed E-state index contributed by atoms with van der Waals surface area (Å²) in [6, 6.07) is 7.55. The largest absolute Gasteiger partial charge is 0.481 e. The summed E-state index contributed by atoms with van der Waals surface area (Å²) in [4.78, 5) is 17.5. The van der Waals surface area contributed by atoms with E-state index in [1.165, 1.54) is 0 Å². The Kier molecular flexibility index (Phi) is 4.44. The molecule has 0 bridgehead atoms. The van der Waals surface area contributed by atoms with Crippen LogP contribution in [0, 0.1) is 20.8 Å². The summed E-state index contributed by atoms with van der Waals surface area (Å²) in [5, 5.41) is 10.6. The monoisotopic (exact) mass is 304 g/mol. The van der Waals surface area contributed by atoms with E-state index < -0.39 is 11.4 Å². The molecule has 3 N–H and O–H groups in total. The van der Waals surface area contributed by atoms with Crippen molar-refractivity contribution >= 4 is 17.3 Å². The van der Waals surface area contributed by atoms with E-state index >= 15 is 0 Å². The summed E-state index contributed by atoms with van der Waals surface area (Å²) in [6.07, 6.45) is 0.321. The van der Waals surface area contributed by atoms with Crippen LogP contribution in [0.3, 0.4) is 0 Å². The summed E-state index contributed by atoms with van der Waals surface area (Å²) in [5.74, 6) is -0.902. The third kappa shape index (κ3) is 2.99. The fourth-order valence-corrected chi connectivity index (χ4v) is 3.44. The summed E-state index contributed by atoms with van der Waals surface area (Å²) < 4.78 is 0. The van der Waals surface area contributed by atoms with E-state index in [9.17, 15) is 9.90 Å². The van der Waals surface area contributed by atoms with Crippen molar-refractivity contribution in [3.05, 3.63) is 51.0 Å². The molecule has 0 saturated carbocycles. The Morgan fingerprint density at radius 2 is 2.10 bits per heavy atom. The molecule has 0 aliphatic carbocycles. The van der Waals surface area contributed by atoms with Crippen molar-refractivity contribution < 1.29 is 9.90 Å². The number of aromatic nitrogens is 1. The van der Waals surface area contributed by atoms with Gasteiger partial charge in [0.25, 0.3) is 0 Å². The van der Waals surface area contributed by atoms with Crippen molar-refractivity contribution in [3.63, 3.8) is 0 Å². The summed E-state index contributed by atoms with van der Waals surface area (Å²) in [7, 11) is 0. The number of carboxylic acids is 1. The van der Waals surface area contributed by atoms with Gasteiger partial charge in [-0.3, -0.25) is 4.79 Å². The second kappa shape index (κ2) is 5.95. The van der Waals surface area contributed by atoms with Gasteiger partial charge in [-0.1, -0.05) is 29.8 Å². The highest BCUT2D eigenvalue weighted by molar-refractivity contribution is 7.11. The van der Waals surface area contributed by atoms with Crippen LogP contribution in [0.25, 0.3) is 0 Å². The van der Waals surface area contributed by atoms with E-state index in [1.807, 2.05) is 45.0 Å². The van der Waals surface area contributed by atoms with Gasteiger partial charge < -0.3 is 10.8 Å². The minimum atomic E-state index is -1.12. The number of aliphatic carboxylic acids is 1. The maximum atomic E-state index is 12.0. The molecular weight excluding hydrogens is 284 g/mol. The van der Waals surface area contributed by atoms with Gasteiger partial charge in [-0.05, 0) is 26.3 Å². The van der Waals surface area contributed by atoms with Crippen molar-refractivity contribution in [3.8, 4) is 0 Å². The Balaban J connectivity index is 2.49. The lowest BCUT2D eigenvalue weighted by Gasteiger charge is -2.28. The van der Waals surface area contributed by atoms with Crippen molar-refractivity contribution in [2.45, 2.75) is 32.6 Å². The fraction of sp³-hybridized carbons (Fsp3) is 0.375. The zero-order valence-corrected chi connectivity index (χ0v) is 13.3. The number of hydrogen-bond donors (Lipinski definition) is 2. The number of hydrogen-bond acceptors (Lipinski definition) is 4. The predicted octanol–water partition coefficient (Wildman–Crippen LogP) is 2.59. The molecule has 21 heavy (non-hydrogen) atoms. The third-order valence-corrected chi connectivity index (χ3v) is 4.93. The SMILES string of the molecule is Cc1cccc(C(CN)(Cc2nc(C)c(C)s2)C(=O)O)c1. The number of benzene rings is 1. The molecule has 0 radical (unpaired) electrons. The zero-order chi connectivity index (χ0) is 15.6. The Morgan fingerprint density at radius 3 is 2.57 bits per heavy atom. The number of aryl methyl sites for hydroxylation is 3. The van der Waals surface area contributed by atoms with Crippen LogP contribution in [0.2, 0.25) is 0 Å². The quantitative estimate of drug-likeness (QED) is 0.890. The first-order valence-electron chi connectivity index (χ1n) is 6.82. The average molecular weight is 304 g/mol. The zero-order valence-electron chi connectivity index (χ0n) is 12.5. The van der Waals surface area contributed by atoms with Crippen LogP contribution in [-0.2, 0) is 16.6 Å². The molecule has 2 rings (SSSR count). The molecule has 0 spiro atoms. The Bertz CT molecular complexity index is 647. The molecule has 0 fully saturated rings. The molecule has 2 aromatic rings. The molecule has 0 saturated heterocycles. The number of nitrogens with two attached hydrogens (primary N) is 1. The van der Waals surface area contributed by atoms with Gasteiger partial charge in [0.15, 0.2) is 0 Å². The smallest absolute Gasteiger partial charge is 0.315 e. The van der Waals surface area contributed by atoms with E-state index in [4.69, 9.17) is 5.73 Å². The van der Waals surface area contributed by atoms with Crippen molar-refractivity contribution in [1.29, 1.82) is 0 Å². The Morgan fingerprint density at radius 1 is 1.38 bits per heavy atom.